The van der Waals surface area contributed by atoms with Crippen LogP contribution in [-0.4, -0.2) is 34.2 Å². The lowest BCUT2D eigenvalue weighted by Crippen LogP contribution is -2.20. The third-order valence-electron chi connectivity index (χ3n) is 1.09. The van der Waals surface area contributed by atoms with Gasteiger partial charge in [0.15, 0.2) is 0 Å². The summed E-state index contributed by atoms with van der Waals surface area (Å²) in [5.41, 5.74) is -0.903. The number of carbonyl (C=O) groups excluding carboxylic acids is 2. The Morgan fingerprint density at radius 3 is 1.92 bits per heavy atom. The highest BCUT2D eigenvalue weighted by Gasteiger charge is 2.23. The third kappa shape index (κ3) is 3.28. The van der Waals surface area contributed by atoms with Crippen molar-refractivity contribution < 1.29 is 29.4 Å². The van der Waals surface area contributed by atoms with Crippen LogP contribution in [-0.2, 0) is 19.2 Å². The third-order valence-corrected chi connectivity index (χ3v) is 1.09. The normalized spacial score (nSPS) is 10.6. The maximum atomic E-state index is 10.6. The molecule has 0 aliphatic heterocycles. The van der Waals surface area contributed by atoms with Crippen LogP contribution in [0.15, 0.2) is 11.6 Å². The van der Waals surface area contributed by atoms with E-state index < -0.39 is 23.3 Å². The van der Waals surface area contributed by atoms with Crippen molar-refractivity contribution in [3.8, 4) is 0 Å². The number of hydrogen-bond donors (Lipinski definition) is 2. The van der Waals surface area contributed by atoms with Gasteiger partial charge in [-0.2, -0.15) is 0 Å². The van der Waals surface area contributed by atoms with Crippen LogP contribution in [0.3, 0.4) is 0 Å². The molecule has 70 valence electrons. The summed E-state index contributed by atoms with van der Waals surface area (Å²) in [5.74, 6) is -5.05. The lowest BCUT2D eigenvalue weighted by Gasteiger charge is -1.94. The number of ketones is 1. The van der Waals surface area contributed by atoms with E-state index in [0.29, 0.717) is 6.29 Å². The second-order valence-corrected chi connectivity index (χ2v) is 1.96. The minimum absolute atomic E-state index is 0.305. The van der Waals surface area contributed by atoms with Gasteiger partial charge in [0.25, 0.3) is 5.78 Å². The van der Waals surface area contributed by atoms with Crippen molar-refractivity contribution in [1.82, 2.24) is 0 Å². The van der Waals surface area contributed by atoms with Crippen LogP contribution in [0.5, 0.6) is 0 Å². The number of aldehydes is 1. The standard InChI is InChI=1S/C7H6O6/c8-3-1-2-4(6(10)11)5(9)7(12)13/h2-3H,1H2,(H,10,11)(H,12,13). The second kappa shape index (κ2) is 4.81. The molecule has 0 spiro atoms. The molecule has 0 fully saturated rings. The van der Waals surface area contributed by atoms with Crippen molar-refractivity contribution in [3.05, 3.63) is 11.6 Å². The molecule has 0 radical (unpaired) electrons. The van der Waals surface area contributed by atoms with Crippen LogP contribution >= 0.6 is 0 Å². The van der Waals surface area contributed by atoms with E-state index in [2.05, 4.69) is 0 Å². The van der Waals surface area contributed by atoms with Gasteiger partial charge in [-0.25, -0.2) is 9.59 Å². The number of hydrogen-bond acceptors (Lipinski definition) is 4. The molecular formula is C7H6O6. The summed E-state index contributed by atoms with van der Waals surface area (Å²) >= 11 is 0. The highest BCUT2D eigenvalue weighted by Crippen LogP contribution is 1.98. The molecule has 0 amide bonds. The molecule has 0 aliphatic carbocycles. The van der Waals surface area contributed by atoms with E-state index in [1.165, 1.54) is 0 Å². The van der Waals surface area contributed by atoms with Gasteiger partial charge in [0, 0.05) is 6.42 Å². The molecular weight excluding hydrogens is 180 g/mol. The summed E-state index contributed by atoms with van der Waals surface area (Å²) in [7, 11) is 0. The fourth-order valence-electron chi connectivity index (χ4n) is 0.558. The minimum atomic E-state index is -1.86. The molecule has 0 aromatic carbocycles. The van der Waals surface area contributed by atoms with Crippen molar-refractivity contribution in [3.63, 3.8) is 0 Å². The zero-order valence-corrected chi connectivity index (χ0v) is 6.39. The average Bonchev–Trinajstić information content (AvgIpc) is 2.04. The van der Waals surface area contributed by atoms with Crippen LogP contribution < -0.4 is 0 Å². The molecule has 0 aliphatic rings. The molecule has 0 bridgehead atoms. The molecule has 0 atom stereocenters. The maximum absolute atomic E-state index is 10.6. The number of rotatable bonds is 5. The predicted molar refractivity (Wildman–Crippen MR) is 39.0 cm³/mol. The van der Waals surface area contributed by atoms with Gasteiger partial charge in [0.1, 0.15) is 11.9 Å². The number of Topliss-reactive ketones (excluding diaryl/α,β-unsaturated/α-hetero) is 1. The van der Waals surface area contributed by atoms with Crippen LogP contribution in [0.1, 0.15) is 6.42 Å². The predicted octanol–water partition coefficient (Wildman–Crippen LogP) is -0.760. The van der Waals surface area contributed by atoms with E-state index in [1.807, 2.05) is 0 Å². The topological polar surface area (TPSA) is 109 Å². The van der Waals surface area contributed by atoms with E-state index in [1.54, 1.807) is 0 Å². The first-order valence-corrected chi connectivity index (χ1v) is 3.15. The van der Waals surface area contributed by atoms with E-state index in [0.717, 1.165) is 6.08 Å². The molecule has 0 rings (SSSR count). The van der Waals surface area contributed by atoms with Crippen molar-refractivity contribution in [1.29, 1.82) is 0 Å². The fraction of sp³-hybridized carbons (Fsp3) is 0.143. The zero-order chi connectivity index (χ0) is 10.4. The zero-order valence-electron chi connectivity index (χ0n) is 6.39. The molecule has 13 heavy (non-hydrogen) atoms. The van der Waals surface area contributed by atoms with Crippen LogP contribution in [0, 0.1) is 0 Å². The largest absolute Gasteiger partial charge is 0.478 e. The first-order valence-electron chi connectivity index (χ1n) is 3.15. The van der Waals surface area contributed by atoms with Gasteiger partial charge in [0.05, 0.1) is 0 Å². The average molecular weight is 186 g/mol. The van der Waals surface area contributed by atoms with E-state index >= 15 is 0 Å². The van der Waals surface area contributed by atoms with Gasteiger partial charge < -0.3 is 15.0 Å². The van der Waals surface area contributed by atoms with Gasteiger partial charge >= 0.3 is 11.9 Å². The SMILES string of the molecule is O=CCC=C(C(=O)O)C(=O)C(=O)O. The van der Waals surface area contributed by atoms with Crippen LogP contribution in [0.2, 0.25) is 0 Å². The summed E-state index contributed by atoms with van der Waals surface area (Å²) in [6, 6.07) is 0. The number of carboxylic acid groups (broad SMARTS) is 2. The smallest absolute Gasteiger partial charge is 0.377 e. The summed E-state index contributed by atoms with van der Waals surface area (Å²) in [6.07, 6.45) is 0.810. The Kier molecular flexibility index (Phi) is 4.08. The van der Waals surface area contributed by atoms with Gasteiger partial charge in [-0.3, -0.25) is 4.79 Å². The summed E-state index contributed by atoms with van der Waals surface area (Å²) in [5, 5.41) is 16.5. The van der Waals surface area contributed by atoms with Crippen molar-refractivity contribution >= 4 is 24.0 Å². The number of carboxylic acids is 2. The van der Waals surface area contributed by atoms with E-state index in [4.69, 9.17) is 10.2 Å². The summed E-state index contributed by atoms with van der Waals surface area (Å²) < 4.78 is 0. The molecule has 0 saturated carbocycles. The Hall–Kier alpha value is -1.98. The number of allylic oxidation sites excluding steroid dienone is 1. The molecule has 0 unspecified atom stereocenters. The Balaban J connectivity index is 4.81. The molecule has 0 heterocycles. The summed E-state index contributed by atoms with van der Waals surface area (Å²) in [6.45, 7) is 0. The molecule has 0 saturated heterocycles. The molecule has 6 nitrogen and oxygen atoms in total. The molecule has 0 aromatic rings. The molecule has 6 heteroatoms. The minimum Gasteiger partial charge on any atom is -0.478 e. The monoisotopic (exact) mass is 186 g/mol. The molecule has 2 N–H and O–H groups in total. The second-order valence-electron chi connectivity index (χ2n) is 1.96. The van der Waals surface area contributed by atoms with Gasteiger partial charge in [-0.1, -0.05) is 6.08 Å². The summed E-state index contributed by atoms with van der Waals surface area (Å²) in [4.78, 5) is 40.8. The van der Waals surface area contributed by atoms with Crippen molar-refractivity contribution in [2.24, 2.45) is 0 Å². The Bertz CT molecular complexity index is 287. The quantitative estimate of drug-likeness (QED) is 0.192. The van der Waals surface area contributed by atoms with E-state index in [-0.39, 0.29) is 6.42 Å². The highest BCUT2D eigenvalue weighted by molar-refractivity contribution is 6.45. The van der Waals surface area contributed by atoms with Gasteiger partial charge in [-0.15, -0.1) is 0 Å². The first kappa shape index (κ1) is 11.0. The first-order chi connectivity index (χ1) is 6.00. The van der Waals surface area contributed by atoms with Crippen LogP contribution in [0.25, 0.3) is 0 Å². The van der Waals surface area contributed by atoms with Crippen molar-refractivity contribution in [2.45, 2.75) is 6.42 Å². The lowest BCUT2D eigenvalue weighted by atomic mass is 10.1. The van der Waals surface area contributed by atoms with Gasteiger partial charge in [-0.05, 0) is 0 Å². The van der Waals surface area contributed by atoms with Gasteiger partial charge in [0.2, 0.25) is 0 Å². The molecule has 0 aromatic heterocycles. The lowest BCUT2D eigenvalue weighted by molar-refractivity contribution is -0.149. The highest BCUT2D eigenvalue weighted by atomic mass is 16.4. The number of carbonyl (C=O) groups is 4. The van der Waals surface area contributed by atoms with E-state index in [9.17, 15) is 19.2 Å². The Labute approximate surface area is 72.5 Å². The maximum Gasteiger partial charge on any atom is 0.377 e. The Morgan fingerprint density at radius 1 is 1.08 bits per heavy atom. The van der Waals surface area contributed by atoms with Crippen LogP contribution in [0.4, 0.5) is 0 Å². The van der Waals surface area contributed by atoms with Crippen molar-refractivity contribution in [2.75, 3.05) is 0 Å². The fourth-order valence-corrected chi connectivity index (χ4v) is 0.558. The Morgan fingerprint density at radius 2 is 1.62 bits per heavy atom. The number of aliphatic carboxylic acids is 2.